The van der Waals surface area contributed by atoms with Gasteiger partial charge in [-0.3, -0.25) is 4.79 Å². The molecule has 0 radical (unpaired) electrons. The van der Waals surface area contributed by atoms with Gasteiger partial charge in [-0.25, -0.2) is 13.4 Å². The van der Waals surface area contributed by atoms with Crippen molar-refractivity contribution in [3.05, 3.63) is 113 Å². The number of hydrogen-bond donors (Lipinski definition) is 1. The molecule has 0 unspecified atom stereocenters. The highest BCUT2D eigenvalue weighted by molar-refractivity contribution is 7.91. The highest BCUT2D eigenvalue weighted by atomic mass is 32.2. The van der Waals surface area contributed by atoms with E-state index in [1.165, 1.54) is 16.7 Å². The van der Waals surface area contributed by atoms with Crippen molar-refractivity contribution < 1.29 is 13.2 Å². The van der Waals surface area contributed by atoms with Crippen molar-refractivity contribution >= 4 is 32.5 Å². The highest BCUT2D eigenvalue weighted by Gasteiger charge is 2.15. The number of aryl methyl sites for hydroxylation is 2. The molecule has 7 heteroatoms. The minimum absolute atomic E-state index is 0.0463. The molecule has 4 aromatic carbocycles. The molecule has 0 fully saturated rings. The molecule has 0 aliphatic carbocycles. The predicted molar refractivity (Wildman–Crippen MR) is 157 cm³/mol. The first-order valence-corrected chi connectivity index (χ1v) is 14.6. The highest BCUT2D eigenvalue weighted by Crippen LogP contribution is 2.29. The Morgan fingerprint density at radius 3 is 2.18 bits per heavy atom. The summed E-state index contributed by atoms with van der Waals surface area (Å²) in [5, 5.41) is 2.94. The number of benzene rings is 4. The summed E-state index contributed by atoms with van der Waals surface area (Å²) in [6, 6.07) is 28.9. The first-order chi connectivity index (χ1) is 18.7. The topological polar surface area (TPSA) is 81.1 Å². The molecule has 1 aromatic heterocycles. The summed E-state index contributed by atoms with van der Waals surface area (Å²) in [7, 11) is -3.26. The van der Waals surface area contributed by atoms with E-state index in [4.69, 9.17) is 4.98 Å². The summed E-state index contributed by atoms with van der Waals surface area (Å²) in [5.41, 5.74) is 8.07. The van der Waals surface area contributed by atoms with Gasteiger partial charge in [-0.2, -0.15) is 0 Å². The fourth-order valence-electron chi connectivity index (χ4n) is 4.60. The molecule has 1 heterocycles. The Morgan fingerprint density at radius 1 is 0.846 bits per heavy atom. The first kappa shape index (κ1) is 26.4. The van der Waals surface area contributed by atoms with E-state index in [0.717, 1.165) is 28.0 Å². The number of nitrogens with one attached hydrogen (secondary N) is 1. The summed E-state index contributed by atoms with van der Waals surface area (Å²) >= 11 is 0. The molecule has 5 aromatic rings. The van der Waals surface area contributed by atoms with Crippen LogP contribution in [-0.4, -0.2) is 29.6 Å². The van der Waals surface area contributed by atoms with Crippen LogP contribution in [0.5, 0.6) is 0 Å². The van der Waals surface area contributed by atoms with Gasteiger partial charge in [-0.05, 0) is 84.6 Å². The minimum atomic E-state index is -3.26. The van der Waals surface area contributed by atoms with Crippen molar-refractivity contribution in [2.45, 2.75) is 38.6 Å². The summed E-state index contributed by atoms with van der Waals surface area (Å²) in [5.74, 6) is 0.750. The second-order valence-corrected chi connectivity index (χ2v) is 12.1. The van der Waals surface area contributed by atoms with Gasteiger partial charge in [-0.1, -0.05) is 49.4 Å². The lowest BCUT2D eigenvalue weighted by atomic mass is 10.1. The summed E-state index contributed by atoms with van der Waals surface area (Å²) in [6.45, 7) is 6.53. The third kappa shape index (κ3) is 5.78. The lowest BCUT2D eigenvalue weighted by molar-refractivity contribution is -0.115. The molecule has 0 aliphatic heterocycles. The van der Waals surface area contributed by atoms with Crippen molar-refractivity contribution in [2.24, 2.45) is 0 Å². The fraction of sp³-hybridized carbons (Fsp3) is 0.188. The van der Waals surface area contributed by atoms with E-state index in [0.29, 0.717) is 12.2 Å². The molecule has 5 rings (SSSR count). The number of nitrogens with zero attached hydrogens (tertiary/aromatic N) is 2. The monoisotopic (exact) mass is 537 g/mol. The Hall–Kier alpha value is -4.23. The summed E-state index contributed by atoms with van der Waals surface area (Å²) in [6.07, 6.45) is 0.153. The van der Waals surface area contributed by atoms with Gasteiger partial charge in [0.1, 0.15) is 5.82 Å². The molecular weight excluding hydrogens is 506 g/mol. The van der Waals surface area contributed by atoms with E-state index in [-0.39, 0.29) is 23.0 Å². The van der Waals surface area contributed by atoms with E-state index in [2.05, 4.69) is 48.0 Å². The second-order valence-electron chi connectivity index (χ2n) is 9.78. The maximum atomic E-state index is 12.7. The molecule has 1 N–H and O–H groups in total. The number of rotatable bonds is 8. The molecule has 0 spiro atoms. The molecule has 0 saturated heterocycles. The molecule has 0 aliphatic rings. The number of aromatic nitrogens is 2. The molecular formula is C32H31N3O3S. The van der Waals surface area contributed by atoms with Crippen molar-refractivity contribution in [1.29, 1.82) is 0 Å². The Kier molecular flexibility index (Phi) is 7.35. The molecule has 39 heavy (non-hydrogen) atoms. The number of imidazole rings is 1. The normalized spacial score (nSPS) is 11.6. The van der Waals surface area contributed by atoms with Crippen molar-refractivity contribution in [3.63, 3.8) is 0 Å². The van der Waals surface area contributed by atoms with Crippen LogP contribution < -0.4 is 5.32 Å². The SMILES string of the molecule is CCS(=O)(=O)c1ccc(CC(=O)Nc2ccc(-c3nc4cc(C)c(C)cc4n3Cc3ccccc3)cc2)cc1. The lowest BCUT2D eigenvalue weighted by Crippen LogP contribution is -2.14. The van der Waals surface area contributed by atoms with Crippen LogP contribution >= 0.6 is 0 Å². The summed E-state index contributed by atoms with van der Waals surface area (Å²) < 4.78 is 26.3. The Bertz CT molecular complexity index is 1740. The number of anilines is 1. The number of amides is 1. The standard InChI is InChI=1S/C32H31N3O3S/c1-4-39(37,38)28-16-10-24(11-17-28)20-31(36)33-27-14-12-26(13-15-27)32-34-29-18-22(2)23(3)19-30(29)35(32)21-25-8-6-5-7-9-25/h5-19H,4,20-21H2,1-3H3,(H,33,36). The second kappa shape index (κ2) is 10.9. The maximum Gasteiger partial charge on any atom is 0.228 e. The largest absolute Gasteiger partial charge is 0.326 e. The quantitative estimate of drug-likeness (QED) is 0.250. The van der Waals surface area contributed by atoms with Crippen LogP contribution in [0.15, 0.2) is 95.9 Å². The summed E-state index contributed by atoms with van der Waals surface area (Å²) in [4.78, 5) is 17.9. The molecule has 0 bridgehead atoms. The number of carbonyl (C=O) groups is 1. The van der Waals surface area contributed by atoms with Gasteiger partial charge in [0.05, 0.1) is 28.1 Å². The van der Waals surface area contributed by atoms with Crippen LogP contribution in [0.4, 0.5) is 5.69 Å². The Balaban J connectivity index is 1.36. The van der Waals surface area contributed by atoms with Gasteiger partial charge in [0.25, 0.3) is 0 Å². The lowest BCUT2D eigenvalue weighted by Gasteiger charge is -2.11. The third-order valence-electron chi connectivity index (χ3n) is 7.00. The van der Waals surface area contributed by atoms with E-state index < -0.39 is 9.84 Å². The van der Waals surface area contributed by atoms with Gasteiger partial charge < -0.3 is 9.88 Å². The average Bonchev–Trinajstić information content (AvgIpc) is 3.26. The van der Waals surface area contributed by atoms with Crippen LogP contribution in [0.3, 0.4) is 0 Å². The third-order valence-corrected chi connectivity index (χ3v) is 8.75. The van der Waals surface area contributed by atoms with E-state index in [9.17, 15) is 13.2 Å². The maximum absolute atomic E-state index is 12.7. The van der Waals surface area contributed by atoms with Crippen molar-refractivity contribution in [3.8, 4) is 11.4 Å². The number of carbonyl (C=O) groups excluding carboxylic acids is 1. The van der Waals surface area contributed by atoms with Crippen LogP contribution in [0.25, 0.3) is 22.4 Å². The van der Waals surface area contributed by atoms with Crippen molar-refractivity contribution in [2.75, 3.05) is 11.1 Å². The molecule has 6 nitrogen and oxygen atoms in total. The van der Waals surface area contributed by atoms with Crippen LogP contribution in [0, 0.1) is 13.8 Å². The number of sulfone groups is 1. The zero-order valence-electron chi connectivity index (χ0n) is 22.3. The number of hydrogen-bond acceptors (Lipinski definition) is 4. The smallest absolute Gasteiger partial charge is 0.228 e. The van der Waals surface area contributed by atoms with Gasteiger partial charge in [-0.15, -0.1) is 0 Å². The molecule has 198 valence electrons. The van der Waals surface area contributed by atoms with Crippen LogP contribution in [0.1, 0.15) is 29.2 Å². The zero-order chi connectivity index (χ0) is 27.6. The Morgan fingerprint density at radius 2 is 1.51 bits per heavy atom. The van der Waals surface area contributed by atoms with E-state index in [1.807, 2.05) is 42.5 Å². The predicted octanol–water partition coefficient (Wildman–Crippen LogP) is 6.34. The minimum Gasteiger partial charge on any atom is -0.326 e. The molecule has 1 amide bonds. The van der Waals surface area contributed by atoms with E-state index in [1.54, 1.807) is 31.2 Å². The zero-order valence-corrected chi connectivity index (χ0v) is 23.1. The van der Waals surface area contributed by atoms with E-state index >= 15 is 0 Å². The number of fused-ring (bicyclic) bond motifs is 1. The van der Waals surface area contributed by atoms with Crippen molar-refractivity contribution in [1.82, 2.24) is 9.55 Å². The van der Waals surface area contributed by atoms with Gasteiger partial charge in [0.2, 0.25) is 5.91 Å². The Labute approximate surface area is 229 Å². The molecule has 0 atom stereocenters. The van der Waals surface area contributed by atoms with Crippen LogP contribution in [0.2, 0.25) is 0 Å². The van der Waals surface area contributed by atoms with Gasteiger partial charge in [0, 0.05) is 17.8 Å². The van der Waals surface area contributed by atoms with Gasteiger partial charge in [0.15, 0.2) is 9.84 Å². The average molecular weight is 538 g/mol. The fourth-order valence-corrected chi connectivity index (χ4v) is 5.49. The first-order valence-electron chi connectivity index (χ1n) is 13.0. The molecule has 0 saturated carbocycles. The van der Waals surface area contributed by atoms with Crippen LogP contribution in [-0.2, 0) is 27.6 Å². The van der Waals surface area contributed by atoms with Gasteiger partial charge >= 0.3 is 0 Å².